The Morgan fingerprint density at radius 1 is 1.44 bits per heavy atom. The highest BCUT2D eigenvalue weighted by Crippen LogP contribution is 2.37. The molecule has 0 saturated heterocycles. The van der Waals surface area contributed by atoms with Crippen LogP contribution in [0.25, 0.3) is 0 Å². The quantitative estimate of drug-likeness (QED) is 0.769. The van der Waals surface area contributed by atoms with E-state index in [1.807, 2.05) is 20.8 Å². The van der Waals surface area contributed by atoms with Crippen molar-refractivity contribution in [3.05, 3.63) is 22.8 Å². The van der Waals surface area contributed by atoms with Gasteiger partial charge < -0.3 is 10.1 Å². The van der Waals surface area contributed by atoms with Crippen LogP contribution in [0.2, 0.25) is 0 Å². The van der Waals surface area contributed by atoms with Crippen molar-refractivity contribution in [2.75, 3.05) is 0 Å². The van der Waals surface area contributed by atoms with Gasteiger partial charge in [-0.3, -0.25) is 0 Å². The Bertz CT molecular complexity index is 413. The second-order valence-corrected chi connectivity index (χ2v) is 6.28. The van der Waals surface area contributed by atoms with E-state index in [1.165, 1.54) is 16.7 Å². The highest BCUT2D eigenvalue weighted by molar-refractivity contribution is 5.68. The van der Waals surface area contributed by atoms with Crippen molar-refractivity contribution < 1.29 is 9.53 Å². The summed E-state index contributed by atoms with van der Waals surface area (Å²) in [4.78, 5) is 11.7. The number of alkyl carbamates (subject to hydrolysis) is 1. The highest BCUT2D eigenvalue weighted by atomic mass is 16.6. The van der Waals surface area contributed by atoms with E-state index in [0.717, 1.165) is 25.7 Å². The minimum absolute atomic E-state index is 0.222. The fourth-order valence-electron chi connectivity index (χ4n) is 2.63. The zero-order chi connectivity index (χ0) is 13.3. The van der Waals surface area contributed by atoms with Crippen LogP contribution >= 0.6 is 0 Å². The summed E-state index contributed by atoms with van der Waals surface area (Å²) in [5, 5.41) is 2.99. The predicted molar refractivity (Wildman–Crippen MR) is 72.4 cm³/mol. The van der Waals surface area contributed by atoms with Gasteiger partial charge in [0.05, 0.1) is 0 Å². The van der Waals surface area contributed by atoms with E-state index < -0.39 is 5.60 Å². The van der Waals surface area contributed by atoms with Crippen molar-refractivity contribution >= 4 is 6.09 Å². The lowest BCUT2D eigenvalue weighted by atomic mass is 9.87. The smallest absolute Gasteiger partial charge is 0.407 e. The number of carbonyl (C=O) groups is 1. The standard InChI is InChI=1S/C15H23NO2/c1-10-5-6-11-7-8-12(9-13(10)11)16-14(17)18-15(2,3)4/h6,12H,5,7-9H2,1-4H3,(H,16,17). The molecule has 1 saturated carbocycles. The first-order chi connectivity index (χ1) is 8.35. The van der Waals surface area contributed by atoms with Crippen LogP contribution in [-0.4, -0.2) is 17.7 Å². The molecule has 2 aliphatic rings. The van der Waals surface area contributed by atoms with E-state index in [0.29, 0.717) is 0 Å². The van der Waals surface area contributed by atoms with Crippen molar-refractivity contribution in [3.63, 3.8) is 0 Å². The normalized spacial score (nSPS) is 23.6. The fraction of sp³-hybridized carbons (Fsp3) is 0.667. The molecule has 1 fully saturated rings. The molecule has 0 aliphatic heterocycles. The lowest BCUT2D eigenvalue weighted by molar-refractivity contribution is 0.0500. The Labute approximate surface area is 109 Å². The van der Waals surface area contributed by atoms with Crippen LogP contribution in [0.3, 0.4) is 0 Å². The third-order valence-corrected chi connectivity index (χ3v) is 3.49. The number of hydrogen-bond donors (Lipinski definition) is 1. The summed E-state index contributed by atoms with van der Waals surface area (Å²) in [7, 11) is 0. The number of nitrogens with one attached hydrogen (secondary N) is 1. The third-order valence-electron chi connectivity index (χ3n) is 3.49. The van der Waals surface area contributed by atoms with Crippen molar-refractivity contribution in [1.29, 1.82) is 0 Å². The zero-order valence-corrected chi connectivity index (χ0v) is 11.8. The van der Waals surface area contributed by atoms with Gasteiger partial charge in [-0.05, 0) is 64.5 Å². The molecule has 0 aromatic rings. The Kier molecular flexibility index (Phi) is 3.51. The average molecular weight is 249 g/mol. The molecule has 3 heteroatoms. The van der Waals surface area contributed by atoms with E-state index in [9.17, 15) is 4.79 Å². The van der Waals surface area contributed by atoms with E-state index in [2.05, 4.69) is 18.3 Å². The van der Waals surface area contributed by atoms with Crippen LogP contribution in [0.1, 0.15) is 53.4 Å². The molecule has 3 nitrogen and oxygen atoms in total. The molecule has 0 bridgehead atoms. The second-order valence-electron chi connectivity index (χ2n) is 6.28. The van der Waals surface area contributed by atoms with Crippen molar-refractivity contribution in [1.82, 2.24) is 5.32 Å². The Morgan fingerprint density at radius 3 is 2.83 bits per heavy atom. The monoisotopic (exact) mass is 249 g/mol. The molecule has 2 rings (SSSR count). The van der Waals surface area contributed by atoms with Crippen LogP contribution in [0.5, 0.6) is 0 Å². The summed E-state index contributed by atoms with van der Waals surface area (Å²) in [6, 6.07) is 0.222. The molecule has 1 atom stereocenters. The number of fused-ring (bicyclic) bond motifs is 1. The maximum atomic E-state index is 11.7. The van der Waals surface area contributed by atoms with Crippen LogP contribution in [0.15, 0.2) is 22.8 Å². The maximum Gasteiger partial charge on any atom is 0.407 e. The molecule has 2 aliphatic carbocycles. The van der Waals surface area contributed by atoms with Gasteiger partial charge in [0.15, 0.2) is 0 Å². The van der Waals surface area contributed by atoms with Crippen LogP contribution in [-0.2, 0) is 4.74 Å². The molecule has 100 valence electrons. The van der Waals surface area contributed by atoms with Gasteiger partial charge in [0.2, 0.25) is 0 Å². The molecule has 0 radical (unpaired) electrons. The van der Waals surface area contributed by atoms with Gasteiger partial charge in [-0.15, -0.1) is 0 Å². The summed E-state index contributed by atoms with van der Waals surface area (Å²) in [5.41, 5.74) is 3.99. The van der Waals surface area contributed by atoms with Crippen molar-refractivity contribution in [2.24, 2.45) is 0 Å². The zero-order valence-electron chi connectivity index (χ0n) is 11.8. The van der Waals surface area contributed by atoms with Gasteiger partial charge >= 0.3 is 6.09 Å². The lowest BCUT2D eigenvalue weighted by Crippen LogP contribution is -2.40. The first-order valence-corrected chi connectivity index (χ1v) is 6.73. The Balaban J connectivity index is 1.91. The molecule has 1 N–H and O–H groups in total. The number of allylic oxidation sites excluding steroid dienone is 3. The van der Waals surface area contributed by atoms with E-state index >= 15 is 0 Å². The molecule has 1 amide bonds. The van der Waals surface area contributed by atoms with Gasteiger partial charge in [-0.2, -0.15) is 0 Å². The van der Waals surface area contributed by atoms with E-state index in [4.69, 9.17) is 4.74 Å². The van der Waals surface area contributed by atoms with E-state index in [1.54, 1.807) is 0 Å². The highest BCUT2D eigenvalue weighted by Gasteiger charge is 2.27. The fourth-order valence-corrected chi connectivity index (χ4v) is 2.63. The third kappa shape index (κ3) is 3.15. The topological polar surface area (TPSA) is 38.3 Å². The molecule has 0 aromatic carbocycles. The van der Waals surface area contributed by atoms with Gasteiger partial charge in [-0.1, -0.05) is 11.6 Å². The number of carbonyl (C=O) groups excluding carboxylic acids is 1. The maximum absolute atomic E-state index is 11.7. The molecule has 0 aromatic heterocycles. The Morgan fingerprint density at radius 2 is 2.17 bits per heavy atom. The summed E-state index contributed by atoms with van der Waals surface area (Å²) in [6.45, 7) is 7.85. The molecular formula is C15H23NO2. The SMILES string of the molecule is CC1=C2CC(NC(=O)OC(C)(C)C)CCC2=CC1. The van der Waals surface area contributed by atoms with Gasteiger partial charge in [0.25, 0.3) is 0 Å². The molecule has 0 heterocycles. The minimum Gasteiger partial charge on any atom is -0.444 e. The summed E-state index contributed by atoms with van der Waals surface area (Å²) < 4.78 is 5.30. The van der Waals surface area contributed by atoms with E-state index in [-0.39, 0.29) is 12.1 Å². The van der Waals surface area contributed by atoms with Crippen LogP contribution < -0.4 is 5.32 Å². The number of rotatable bonds is 1. The van der Waals surface area contributed by atoms with Crippen molar-refractivity contribution in [2.45, 2.75) is 65.0 Å². The van der Waals surface area contributed by atoms with Crippen molar-refractivity contribution in [3.8, 4) is 0 Å². The largest absolute Gasteiger partial charge is 0.444 e. The summed E-state index contributed by atoms with van der Waals surface area (Å²) in [5.74, 6) is 0. The first kappa shape index (κ1) is 13.2. The molecule has 18 heavy (non-hydrogen) atoms. The van der Waals surface area contributed by atoms with Gasteiger partial charge in [0.1, 0.15) is 5.60 Å². The lowest BCUT2D eigenvalue weighted by Gasteiger charge is -2.28. The first-order valence-electron chi connectivity index (χ1n) is 6.73. The molecule has 1 unspecified atom stereocenters. The average Bonchev–Trinajstić information content (AvgIpc) is 2.57. The molecule has 0 spiro atoms. The minimum atomic E-state index is -0.424. The predicted octanol–water partition coefficient (Wildman–Crippen LogP) is 3.71. The second kappa shape index (κ2) is 4.79. The van der Waals surface area contributed by atoms with Gasteiger partial charge in [-0.25, -0.2) is 4.79 Å². The summed E-state index contributed by atoms with van der Waals surface area (Å²) >= 11 is 0. The van der Waals surface area contributed by atoms with Crippen LogP contribution in [0.4, 0.5) is 4.79 Å². The number of ether oxygens (including phenoxy) is 1. The number of amides is 1. The van der Waals surface area contributed by atoms with Gasteiger partial charge in [0, 0.05) is 6.04 Å². The molecular weight excluding hydrogens is 226 g/mol. The summed E-state index contributed by atoms with van der Waals surface area (Å²) in [6.07, 6.45) is 6.17. The Hall–Kier alpha value is -1.25. The van der Waals surface area contributed by atoms with Crippen LogP contribution in [0, 0.1) is 0 Å². The number of hydrogen-bond acceptors (Lipinski definition) is 2.